The highest BCUT2D eigenvalue weighted by Gasteiger charge is 2.26. The van der Waals surface area contributed by atoms with E-state index in [0.29, 0.717) is 16.5 Å². The van der Waals surface area contributed by atoms with Crippen LogP contribution in [0.1, 0.15) is 30.5 Å². The van der Waals surface area contributed by atoms with Crippen molar-refractivity contribution in [2.24, 2.45) is 0 Å². The maximum absolute atomic E-state index is 12.7. The summed E-state index contributed by atoms with van der Waals surface area (Å²) in [5, 5.41) is 12.3. The summed E-state index contributed by atoms with van der Waals surface area (Å²) in [5.74, 6) is -0.0984. The third-order valence-corrected chi connectivity index (χ3v) is 7.34. The first-order valence-electron chi connectivity index (χ1n) is 10.0. The minimum atomic E-state index is -3.86. The number of hydrogen-bond donors (Lipinski definition) is 0. The van der Waals surface area contributed by atoms with Crippen LogP contribution in [0.4, 0.5) is 5.69 Å². The van der Waals surface area contributed by atoms with Gasteiger partial charge < -0.3 is 9.15 Å². The second-order valence-corrected chi connectivity index (χ2v) is 9.23. The predicted molar refractivity (Wildman–Crippen MR) is 119 cm³/mol. The molecule has 0 bridgehead atoms. The average molecular weight is 461 g/mol. The van der Waals surface area contributed by atoms with Gasteiger partial charge in [-0.3, -0.25) is 10.1 Å². The third kappa shape index (κ3) is 4.51. The van der Waals surface area contributed by atoms with Crippen molar-refractivity contribution in [3.8, 4) is 5.75 Å². The van der Waals surface area contributed by atoms with Crippen LogP contribution in [0.2, 0.25) is 0 Å². The van der Waals surface area contributed by atoms with E-state index in [4.69, 9.17) is 9.15 Å². The maximum atomic E-state index is 12.7. The highest BCUT2D eigenvalue weighted by atomic mass is 32.2. The molecule has 0 aliphatic rings. The van der Waals surface area contributed by atoms with Crippen LogP contribution in [0.25, 0.3) is 11.0 Å². The number of benzene rings is 2. The summed E-state index contributed by atoms with van der Waals surface area (Å²) in [6.45, 7) is 7.56. The summed E-state index contributed by atoms with van der Waals surface area (Å²) in [4.78, 5) is 22.7. The first-order valence-corrected chi connectivity index (χ1v) is 11.5. The zero-order valence-corrected chi connectivity index (χ0v) is 19.1. The normalized spacial score (nSPS) is 11.8. The Morgan fingerprint density at radius 1 is 1.06 bits per heavy atom. The maximum Gasteiger partial charge on any atom is 0.336 e. The number of rotatable bonds is 8. The zero-order valence-electron chi connectivity index (χ0n) is 18.2. The molecule has 0 saturated carbocycles. The standard InChI is InChI=1S/C22H24N2O7S/c1-5-23(6-2)32(28,29)17-7-8-20(19(12-17)24(26)27)30-13-16-11-22(25)31-21-10-15(4)14(3)9-18(16)21/h7-12H,5-6,13H2,1-4H3. The van der Waals surface area contributed by atoms with Crippen LogP contribution in [-0.4, -0.2) is 30.7 Å². The summed E-state index contributed by atoms with van der Waals surface area (Å²) in [6, 6.07) is 8.43. The zero-order chi connectivity index (χ0) is 23.6. The SMILES string of the molecule is CCN(CC)S(=O)(=O)c1ccc(OCc2cc(=O)oc3cc(C)c(C)cc23)c([N+](=O)[O-])c1. The molecule has 3 rings (SSSR count). The van der Waals surface area contributed by atoms with Gasteiger partial charge >= 0.3 is 11.3 Å². The Bertz CT molecular complexity index is 1340. The van der Waals surface area contributed by atoms with E-state index in [0.717, 1.165) is 17.2 Å². The molecule has 0 N–H and O–H groups in total. The molecule has 0 saturated heterocycles. The molecule has 1 heterocycles. The topological polar surface area (TPSA) is 120 Å². The minimum Gasteiger partial charge on any atom is -0.482 e. The summed E-state index contributed by atoms with van der Waals surface area (Å²) < 4.78 is 37.6. The fraction of sp³-hybridized carbons (Fsp3) is 0.318. The Labute approximate surface area is 185 Å². The van der Waals surface area contributed by atoms with Gasteiger partial charge in [-0.1, -0.05) is 13.8 Å². The van der Waals surface area contributed by atoms with E-state index in [1.54, 1.807) is 19.9 Å². The fourth-order valence-electron chi connectivity index (χ4n) is 3.39. The van der Waals surface area contributed by atoms with Crippen LogP contribution in [0.5, 0.6) is 5.75 Å². The van der Waals surface area contributed by atoms with E-state index >= 15 is 0 Å². The molecule has 0 spiro atoms. The Morgan fingerprint density at radius 3 is 2.34 bits per heavy atom. The first kappa shape index (κ1) is 23.4. The Hall–Kier alpha value is -3.24. The molecule has 10 heteroatoms. The van der Waals surface area contributed by atoms with Crippen LogP contribution >= 0.6 is 0 Å². The fourth-order valence-corrected chi connectivity index (χ4v) is 4.87. The van der Waals surface area contributed by atoms with E-state index < -0.39 is 26.3 Å². The number of nitro benzene ring substituents is 1. The molecule has 32 heavy (non-hydrogen) atoms. The number of ether oxygens (including phenoxy) is 1. The summed E-state index contributed by atoms with van der Waals surface area (Å²) >= 11 is 0. The lowest BCUT2D eigenvalue weighted by Gasteiger charge is -2.18. The van der Waals surface area contributed by atoms with Crippen LogP contribution in [0.3, 0.4) is 0 Å². The molecule has 2 aromatic carbocycles. The molecule has 0 atom stereocenters. The van der Waals surface area contributed by atoms with E-state index in [2.05, 4.69) is 0 Å². The van der Waals surface area contributed by atoms with Crippen molar-refractivity contribution in [3.05, 3.63) is 73.6 Å². The second kappa shape index (κ2) is 9.09. The van der Waals surface area contributed by atoms with E-state index in [1.165, 1.54) is 22.5 Å². The van der Waals surface area contributed by atoms with Gasteiger partial charge in [0.15, 0.2) is 5.75 Å². The van der Waals surface area contributed by atoms with Crippen molar-refractivity contribution in [1.29, 1.82) is 0 Å². The number of aryl methyl sites for hydroxylation is 2. The Morgan fingerprint density at radius 2 is 1.72 bits per heavy atom. The Balaban J connectivity index is 1.99. The average Bonchev–Trinajstić information content (AvgIpc) is 2.73. The van der Waals surface area contributed by atoms with Crippen molar-refractivity contribution in [2.45, 2.75) is 39.2 Å². The molecule has 170 valence electrons. The molecular weight excluding hydrogens is 436 g/mol. The Kier molecular flexibility index (Phi) is 6.65. The lowest BCUT2D eigenvalue weighted by atomic mass is 10.0. The monoisotopic (exact) mass is 460 g/mol. The second-order valence-electron chi connectivity index (χ2n) is 7.29. The minimum absolute atomic E-state index is 0.0984. The quantitative estimate of drug-likeness (QED) is 0.284. The summed E-state index contributed by atoms with van der Waals surface area (Å²) in [7, 11) is -3.86. The number of nitrogens with zero attached hydrogens (tertiary/aromatic N) is 2. The van der Waals surface area contributed by atoms with Crippen molar-refractivity contribution in [3.63, 3.8) is 0 Å². The highest BCUT2D eigenvalue weighted by molar-refractivity contribution is 7.89. The van der Waals surface area contributed by atoms with Gasteiger partial charge in [0.05, 0.1) is 9.82 Å². The molecule has 0 radical (unpaired) electrons. The number of sulfonamides is 1. The number of nitro groups is 1. The molecule has 3 aromatic rings. The van der Waals surface area contributed by atoms with E-state index in [-0.39, 0.29) is 30.3 Å². The van der Waals surface area contributed by atoms with Crippen molar-refractivity contribution in [1.82, 2.24) is 4.31 Å². The van der Waals surface area contributed by atoms with Crippen LogP contribution in [0, 0.1) is 24.0 Å². The molecule has 0 aliphatic carbocycles. The third-order valence-electron chi connectivity index (χ3n) is 5.30. The van der Waals surface area contributed by atoms with Crippen molar-refractivity contribution < 1.29 is 22.5 Å². The summed E-state index contributed by atoms with van der Waals surface area (Å²) in [5.41, 5.74) is 1.82. The van der Waals surface area contributed by atoms with Gasteiger partial charge in [0.25, 0.3) is 0 Å². The number of fused-ring (bicyclic) bond motifs is 1. The van der Waals surface area contributed by atoms with Crippen LogP contribution < -0.4 is 10.4 Å². The van der Waals surface area contributed by atoms with Crippen LogP contribution in [0.15, 0.2) is 50.5 Å². The van der Waals surface area contributed by atoms with Gasteiger partial charge in [0.2, 0.25) is 10.0 Å². The van der Waals surface area contributed by atoms with E-state index in [1.807, 2.05) is 19.9 Å². The van der Waals surface area contributed by atoms with Gasteiger partial charge in [-0.2, -0.15) is 4.31 Å². The van der Waals surface area contributed by atoms with Crippen molar-refractivity contribution >= 4 is 26.7 Å². The number of hydrogen-bond acceptors (Lipinski definition) is 7. The highest BCUT2D eigenvalue weighted by Crippen LogP contribution is 2.32. The molecule has 0 aliphatic heterocycles. The molecule has 0 amide bonds. The van der Waals surface area contributed by atoms with Crippen molar-refractivity contribution in [2.75, 3.05) is 13.1 Å². The summed E-state index contributed by atoms with van der Waals surface area (Å²) in [6.07, 6.45) is 0. The molecular formula is C22H24N2O7S. The first-order chi connectivity index (χ1) is 15.1. The molecule has 9 nitrogen and oxygen atoms in total. The van der Waals surface area contributed by atoms with Gasteiger partial charge in [-0.15, -0.1) is 0 Å². The van der Waals surface area contributed by atoms with Crippen LogP contribution in [-0.2, 0) is 16.6 Å². The van der Waals surface area contributed by atoms with Gasteiger partial charge in [0.1, 0.15) is 12.2 Å². The lowest BCUT2D eigenvalue weighted by Crippen LogP contribution is -2.30. The molecule has 0 unspecified atom stereocenters. The van der Waals surface area contributed by atoms with Gasteiger partial charge in [-0.25, -0.2) is 13.2 Å². The predicted octanol–water partition coefficient (Wildman–Crippen LogP) is 3.93. The lowest BCUT2D eigenvalue weighted by molar-refractivity contribution is -0.386. The van der Waals surface area contributed by atoms with Gasteiger partial charge in [0, 0.05) is 36.2 Å². The largest absolute Gasteiger partial charge is 0.482 e. The molecule has 0 fully saturated rings. The smallest absolute Gasteiger partial charge is 0.336 e. The molecule has 1 aromatic heterocycles. The van der Waals surface area contributed by atoms with Gasteiger partial charge in [-0.05, 0) is 49.2 Å². The van der Waals surface area contributed by atoms with E-state index in [9.17, 15) is 23.3 Å².